The molecule has 2 aromatic rings. The lowest BCUT2D eigenvalue weighted by Gasteiger charge is -2.07. The molecule has 0 aliphatic carbocycles. The number of methoxy groups -OCH3 is 1. The molecule has 0 saturated carbocycles. The molecule has 0 spiro atoms. The zero-order valence-electron chi connectivity index (χ0n) is 11.7. The van der Waals surface area contributed by atoms with Crippen LogP contribution in [0, 0.1) is 0 Å². The maximum absolute atomic E-state index is 11.7. The second kappa shape index (κ2) is 6.04. The Labute approximate surface area is 120 Å². The number of nitrogens with two attached hydrogens (primary N) is 1. The standard InChI is InChI=1S/C13H15N5O3/c1-3-15-12(19)8-4-5-10(9(14)6-8)18-7-16-11(17-18)13(20)21-2/h4-7H,3,14H2,1-2H3,(H,15,19). The average molecular weight is 289 g/mol. The van der Waals surface area contributed by atoms with Crippen molar-refractivity contribution < 1.29 is 14.3 Å². The van der Waals surface area contributed by atoms with Crippen LogP contribution in [-0.2, 0) is 4.74 Å². The first-order chi connectivity index (χ1) is 10.1. The van der Waals surface area contributed by atoms with Crippen molar-refractivity contribution in [3.63, 3.8) is 0 Å². The molecule has 0 fully saturated rings. The summed E-state index contributed by atoms with van der Waals surface area (Å²) in [5.74, 6) is -0.902. The molecule has 2 rings (SSSR count). The van der Waals surface area contributed by atoms with Crippen LogP contribution in [-0.4, -0.2) is 40.3 Å². The lowest BCUT2D eigenvalue weighted by Crippen LogP contribution is -2.22. The lowest BCUT2D eigenvalue weighted by atomic mass is 10.1. The fourth-order valence-electron chi connectivity index (χ4n) is 1.73. The Balaban J connectivity index is 2.31. The van der Waals surface area contributed by atoms with Gasteiger partial charge in [0.05, 0.1) is 18.5 Å². The van der Waals surface area contributed by atoms with E-state index >= 15 is 0 Å². The van der Waals surface area contributed by atoms with Gasteiger partial charge in [-0.25, -0.2) is 14.5 Å². The largest absolute Gasteiger partial charge is 0.463 e. The van der Waals surface area contributed by atoms with Gasteiger partial charge in [0.2, 0.25) is 0 Å². The molecule has 0 saturated heterocycles. The van der Waals surface area contributed by atoms with Gasteiger partial charge in [0, 0.05) is 12.1 Å². The summed E-state index contributed by atoms with van der Waals surface area (Å²) >= 11 is 0. The zero-order chi connectivity index (χ0) is 15.4. The molecule has 21 heavy (non-hydrogen) atoms. The van der Waals surface area contributed by atoms with Crippen LogP contribution in [0.2, 0.25) is 0 Å². The van der Waals surface area contributed by atoms with Crippen molar-refractivity contribution in [3.05, 3.63) is 35.9 Å². The number of anilines is 1. The van der Waals surface area contributed by atoms with Gasteiger partial charge < -0.3 is 15.8 Å². The van der Waals surface area contributed by atoms with Crippen LogP contribution in [0.15, 0.2) is 24.5 Å². The molecule has 1 aromatic carbocycles. The Morgan fingerprint density at radius 2 is 2.19 bits per heavy atom. The molecular formula is C13H15N5O3. The summed E-state index contributed by atoms with van der Waals surface area (Å²) in [5, 5.41) is 6.66. The van der Waals surface area contributed by atoms with Crippen LogP contribution in [0.1, 0.15) is 27.9 Å². The Morgan fingerprint density at radius 1 is 1.43 bits per heavy atom. The molecule has 0 bridgehead atoms. The van der Waals surface area contributed by atoms with Crippen molar-refractivity contribution in [3.8, 4) is 5.69 Å². The number of nitrogen functional groups attached to an aromatic ring is 1. The molecular weight excluding hydrogens is 274 g/mol. The SMILES string of the molecule is CCNC(=O)c1ccc(-n2cnc(C(=O)OC)n2)c(N)c1. The second-order valence-corrected chi connectivity index (χ2v) is 4.14. The molecule has 3 N–H and O–H groups in total. The first-order valence-corrected chi connectivity index (χ1v) is 6.25. The quantitative estimate of drug-likeness (QED) is 0.622. The van der Waals surface area contributed by atoms with Gasteiger partial charge in [0.25, 0.3) is 11.7 Å². The third-order valence-corrected chi connectivity index (χ3v) is 2.73. The fourth-order valence-corrected chi connectivity index (χ4v) is 1.73. The van der Waals surface area contributed by atoms with Crippen molar-refractivity contribution in [1.82, 2.24) is 20.1 Å². The number of carbonyl (C=O) groups excluding carboxylic acids is 2. The van der Waals surface area contributed by atoms with E-state index in [2.05, 4.69) is 20.1 Å². The number of aromatic nitrogens is 3. The normalized spacial score (nSPS) is 10.2. The van der Waals surface area contributed by atoms with E-state index in [1.165, 1.54) is 18.1 Å². The summed E-state index contributed by atoms with van der Waals surface area (Å²) in [5.41, 5.74) is 7.24. The Kier molecular flexibility index (Phi) is 4.17. The molecule has 0 unspecified atom stereocenters. The predicted molar refractivity (Wildman–Crippen MR) is 75.1 cm³/mol. The first-order valence-electron chi connectivity index (χ1n) is 6.25. The van der Waals surface area contributed by atoms with Crippen LogP contribution in [0.5, 0.6) is 0 Å². The maximum atomic E-state index is 11.7. The third-order valence-electron chi connectivity index (χ3n) is 2.73. The van der Waals surface area contributed by atoms with Gasteiger partial charge in [0.1, 0.15) is 6.33 Å². The van der Waals surface area contributed by atoms with Crippen LogP contribution in [0.25, 0.3) is 5.69 Å². The van der Waals surface area contributed by atoms with Crippen molar-refractivity contribution in [2.75, 3.05) is 19.4 Å². The number of rotatable bonds is 4. The molecule has 8 nitrogen and oxygen atoms in total. The van der Waals surface area contributed by atoms with Gasteiger partial charge in [0.15, 0.2) is 0 Å². The first kappa shape index (κ1) is 14.5. The highest BCUT2D eigenvalue weighted by Gasteiger charge is 2.14. The predicted octanol–water partition coefficient (Wildman–Crippen LogP) is 0.386. The van der Waals surface area contributed by atoms with E-state index in [0.717, 1.165) is 0 Å². The van der Waals surface area contributed by atoms with E-state index in [1.54, 1.807) is 18.2 Å². The monoisotopic (exact) mass is 289 g/mol. The number of ether oxygens (including phenoxy) is 1. The molecule has 0 aliphatic rings. The number of nitrogens with one attached hydrogen (secondary N) is 1. The number of hydrogen-bond donors (Lipinski definition) is 2. The number of esters is 1. The zero-order valence-corrected chi connectivity index (χ0v) is 11.7. The van der Waals surface area contributed by atoms with Crippen LogP contribution in [0.4, 0.5) is 5.69 Å². The van der Waals surface area contributed by atoms with E-state index in [4.69, 9.17) is 5.73 Å². The van der Waals surface area contributed by atoms with E-state index in [-0.39, 0.29) is 11.7 Å². The molecule has 110 valence electrons. The minimum atomic E-state index is -0.633. The number of nitrogens with zero attached hydrogens (tertiary/aromatic N) is 3. The Hall–Kier alpha value is -2.90. The summed E-state index contributed by atoms with van der Waals surface area (Å²) in [6, 6.07) is 4.80. The number of benzene rings is 1. The van der Waals surface area contributed by atoms with E-state index in [0.29, 0.717) is 23.5 Å². The van der Waals surface area contributed by atoms with Gasteiger partial charge in [-0.3, -0.25) is 4.79 Å². The van der Waals surface area contributed by atoms with E-state index in [1.807, 2.05) is 6.92 Å². The van der Waals surface area contributed by atoms with Crippen LogP contribution < -0.4 is 11.1 Å². The van der Waals surface area contributed by atoms with E-state index < -0.39 is 5.97 Å². The van der Waals surface area contributed by atoms with Crippen molar-refractivity contribution in [1.29, 1.82) is 0 Å². The van der Waals surface area contributed by atoms with Gasteiger partial charge in [-0.05, 0) is 25.1 Å². The Morgan fingerprint density at radius 3 is 2.81 bits per heavy atom. The molecule has 1 aromatic heterocycles. The van der Waals surface area contributed by atoms with Crippen molar-refractivity contribution >= 4 is 17.6 Å². The molecule has 8 heteroatoms. The smallest absolute Gasteiger partial charge is 0.377 e. The molecule has 0 radical (unpaired) electrons. The van der Waals surface area contributed by atoms with Crippen LogP contribution in [0.3, 0.4) is 0 Å². The second-order valence-electron chi connectivity index (χ2n) is 4.14. The minimum absolute atomic E-state index is 0.0651. The fraction of sp³-hybridized carbons (Fsp3) is 0.231. The molecule has 1 heterocycles. The molecule has 0 aliphatic heterocycles. The maximum Gasteiger partial charge on any atom is 0.377 e. The lowest BCUT2D eigenvalue weighted by molar-refractivity contribution is 0.0586. The number of hydrogen-bond acceptors (Lipinski definition) is 6. The third kappa shape index (κ3) is 2.99. The summed E-state index contributed by atoms with van der Waals surface area (Å²) in [7, 11) is 1.25. The van der Waals surface area contributed by atoms with Gasteiger partial charge in [-0.15, -0.1) is 5.10 Å². The summed E-state index contributed by atoms with van der Waals surface area (Å²) in [6.07, 6.45) is 1.35. The summed E-state index contributed by atoms with van der Waals surface area (Å²) < 4.78 is 5.88. The topological polar surface area (TPSA) is 112 Å². The molecule has 0 atom stereocenters. The van der Waals surface area contributed by atoms with Crippen molar-refractivity contribution in [2.24, 2.45) is 0 Å². The van der Waals surface area contributed by atoms with Gasteiger partial charge in [-0.1, -0.05) is 0 Å². The average Bonchev–Trinajstić information content (AvgIpc) is 2.96. The minimum Gasteiger partial charge on any atom is -0.463 e. The van der Waals surface area contributed by atoms with Gasteiger partial charge in [-0.2, -0.15) is 0 Å². The highest BCUT2D eigenvalue weighted by Crippen LogP contribution is 2.18. The van der Waals surface area contributed by atoms with Crippen LogP contribution >= 0.6 is 0 Å². The summed E-state index contributed by atoms with van der Waals surface area (Å²) in [4.78, 5) is 26.9. The van der Waals surface area contributed by atoms with Gasteiger partial charge >= 0.3 is 5.97 Å². The highest BCUT2D eigenvalue weighted by molar-refractivity contribution is 5.95. The molecule has 1 amide bonds. The Bertz CT molecular complexity index is 680. The highest BCUT2D eigenvalue weighted by atomic mass is 16.5. The summed E-state index contributed by atoms with van der Waals surface area (Å²) in [6.45, 7) is 2.37. The number of amides is 1. The van der Waals surface area contributed by atoms with E-state index in [9.17, 15) is 9.59 Å². The van der Waals surface area contributed by atoms with Crippen molar-refractivity contribution in [2.45, 2.75) is 6.92 Å². The number of carbonyl (C=O) groups is 2.